The molecule has 0 atom stereocenters. The fraction of sp³-hybridized carbons (Fsp3) is 0.455. The van der Waals surface area contributed by atoms with Gasteiger partial charge < -0.3 is 14.6 Å². The molecule has 0 heterocycles. The lowest BCUT2D eigenvalue weighted by atomic mass is 10.1. The number of aliphatic hydroxyl groups excluding tert-OH is 1. The predicted octanol–water partition coefficient (Wildman–Crippen LogP) is 2.31. The van der Waals surface area contributed by atoms with Gasteiger partial charge in [-0.25, -0.2) is 0 Å². The van der Waals surface area contributed by atoms with E-state index in [-0.39, 0.29) is 6.61 Å². The fourth-order valence-electron chi connectivity index (χ4n) is 1.47. The average molecular weight is 275 g/mol. The zero-order valence-corrected chi connectivity index (χ0v) is 10.7. The molecule has 0 bridgehead atoms. The van der Waals surface area contributed by atoms with Crippen molar-refractivity contribution in [3.8, 4) is 11.5 Å². The van der Waals surface area contributed by atoms with Gasteiger partial charge in [0.15, 0.2) is 11.5 Å². The van der Waals surface area contributed by atoms with E-state index < -0.39 is 0 Å². The summed E-state index contributed by atoms with van der Waals surface area (Å²) in [4.78, 5) is 0. The molecule has 84 valence electrons. The smallest absolute Gasteiger partial charge is 0.175 e. The van der Waals surface area contributed by atoms with E-state index in [2.05, 4.69) is 15.9 Å². The number of halogens is 1. The van der Waals surface area contributed by atoms with Crippen molar-refractivity contribution in [1.82, 2.24) is 0 Å². The summed E-state index contributed by atoms with van der Waals surface area (Å²) in [6, 6.07) is 1.90. The Balaban J connectivity index is 3.29. The van der Waals surface area contributed by atoms with Crippen LogP contribution in [-0.2, 0) is 6.42 Å². The fourth-order valence-corrected chi connectivity index (χ4v) is 2.09. The highest BCUT2D eigenvalue weighted by molar-refractivity contribution is 9.10. The van der Waals surface area contributed by atoms with E-state index in [4.69, 9.17) is 14.6 Å². The molecule has 0 radical (unpaired) electrons. The van der Waals surface area contributed by atoms with Crippen molar-refractivity contribution in [1.29, 1.82) is 0 Å². The molecule has 0 fully saturated rings. The van der Waals surface area contributed by atoms with Gasteiger partial charge in [0.1, 0.15) is 0 Å². The minimum Gasteiger partial charge on any atom is -0.493 e. The van der Waals surface area contributed by atoms with Gasteiger partial charge in [0.25, 0.3) is 0 Å². The van der Waals surface area contributed by atoms with Crippen LogP contribution in [0.25, 0.3) is 0 Å². The summed E-state index contributed by atoms with van der Waals surface area (Å²) in [5.74, 6) is 1.37. The van der Waals surface area contributed by atoms with E-state index in [0.717, 1.165) is 15.6 Å². The van der Waals surface area contributed by atoms with Gasteiger partial charge in [-0.1, -0.05) is 0 Å². The molecule has 1 rings (SSSR count). The zero-order valence-electron chi connectivity index (χ0n) is 9.13. The average Bonchev–Trinajstić information content (AvgIpc) is 2.24. The first kappa shape index (κ1) is 12.3. The van der Waals surface area contributed by atoms with Crippen molar-refractivity contribution in [2.75, 3.05) is 20.8 Å². The minimum atomic E-state index is 0.128. The molecule has 0 saturated carbocycles. The van der Waals surface area contributed by atoms with E-state index in [1.807, 2.05) is 13.0 Å². The van der Waals surface area contributed by atoms with Gasteiger partial charge in [-0.15, -0.1) is 0 Å². The maximum atomic E-state index is 8.94. The van der Waals surface area contributed by atoms with Crippen molar-refractivity contribution in [3.63, 3.8) is 0 Å². The van der Waals surface area contributed by atoms with Crippen LogP contribution in [0.5, 0.6) is 11.5 Å². The van der Waals surface area contributed by atoms with E-state index in [1.165, 1.54) is 0 Å². The molecule has 3 nitrogen and oxygen atoms in total. The quantitative estimate of drug-likeness (QED) is 0.916. The number of benzene rings is 1. The molecule has 15 heavy (non-hydrogen) atoms. The van der Waals surface area contributed by atoms with Gasteiger partial charge in [-0.3, -0.25) is 0 Å². The summed E-state index contributed by atoms with van der Waals surface area (Å²) in [6.07, 6.45) is 0.616. The van der Waals surface area contributed by atoms with Crippen LogP contribution >= 0.6 is 15.9 Å². The second-order valence-corrected chi connectivity index (χ2v) is 3.98. The Hall–Kier alpha value is -0.740. The van der Waals surface area contributed by atoms with Gasteiger partial charge in [0, 0.05) is 6.61 Å². The molecule has 1 aromatic carbocycles. The molecule has 0 aromatic heterocycles. The lowest BCUT2D eigenvalue weighted by molar-refractivity contribution is 0.298. The number of hydrogen-bond acceptors (Lipinski definition) is 3. The molecule has 0 aliphatic rings. The van der Waals surface area contributed by atoms with Gasteiger partial charge in [0.05, 0.1) is 18.7 Å². The second-order valence-electron chi connectivity index (χ2n) is 3.18. The van der Waals surface area contributed by atoms with Crippen LogP contribution in [0.15, 0.2) is 10.5 Å². The SMILES string of the molecule is COc1cc(CCO)c(C)c(Br)c1OC. The van der Waals surface area contributed by atoms with Gasteiger partial charge in [-0.05, 0) is 46.5 Å². The highest BCUT2D eigenvalue weighted by Crippen LogP contribution is 2.39. The maximum absolute atomic E-state index is 8.94. The Labute approximate surface area is 98.1 Å². The number of rotatable bonds is 4. The summed E-state index contributed by atoms with van der Waals surface area (Å²) in [5, 5.41) is 8.94. The maximum Gasteiger partial charge on any atom is 0.175 e. The zero-order chi connectivity index (χ0) is 11.4. The first-order valence-electron chi connectivity index (χ1n) is 4.66. The Bertz CT molecular complexity index is 350. The molecule has 0 spiro atoms. The highest BCUT2D eigenvalue weighted by atomic mass is 79.9. The van der Waals surface area contributed by atoms with Crippen molar-refractivity contribution in [2.45, 2.75) is 13.3 Å². The summed E-state index contributed by atoms with van der Waals surface area (Å²) in [6.45, 7) is 2.11. The van der Waals surface area contributed by atoms with Gasteiger partial charge in [0.2, 0.25) is 0 Å². The summed E-state index contributed by atoms with van der Waals surface area (Å²) in [5.41, 5.74) is 2.13. The second kappa shape index (κ2) is 5.37. The molecule has 0 unspecified atom stereocenters. The Morgan fingerprint density at radius 3 is 2.47 bits per heavy atom. The number of hydrogen-bond donors (Lipinski definition) is 1. The van der Waals surface area contributed by atoms with Crippen LogP contribution in [0.1, 0.15) is 11.1 Å². The summed E-state index contributed by atoms with van der Waals surface area (Å²) < 4.78 is 11.4. The molecule has 4 heteroatoms. The molecule has 0 aliphatic carbocycles. The third-order valence-corrected chi connectivity index (χ3v) is 3.30. The molecule has 0 aliphatic heterocycles. The first-order chi connectivity index (χ1) is 7.15. The molecular weight excluding hydrogens is 260 g/mol. The number of aliphatic hydroxyl groups is 1. The lowest BCUT2D eigenvalue weighted by Gasteiger charge is -2.14. The van der Waals surface area contributed by atoms with Crippen molar-refractivity contribution in [2.24, 2.45) is 0 Å². The lowest BCUT2D eigenvalue weighted by Crippen LogP contribution is -1.99. The van der Waals surface area contributed by atoms with E-state index in [9.17, 15) is 0 Å². The first-order valence-corrected chi connectivity index (χ1v) is 5.45. The minimum absolute atomic E-state index is 0.128. The molecule has 0 saturated heterocycles. The third-order valence-electron chi connectivity index (χ3n) is 2.34. The van der Waals surface area contributed by atoms with Crippen molar-refractivity contribution < 1.29 is 14.6 Å². The molecule has 1 N–H and O–H groups in total. The molecular formula is C11H15BrO3. The van der Waals surface area contributed by atoms with Crippen LogP contribution in [0.2, 0.25) is 0 Å². The summed E-state index contributed by atoms with van der Waals surface area (Å²) in [7, 11) is 3.20. The normalized spacial score (nSPS) is 10.2. The van der Waals surface area contributed by atoms with Gasteiger partial charge >= 0.3 is 0 Å². The monoisotopic (exact) mass is 274 g/mol. The van der Waals surface area contributed by atoms with Crippen molar-refractivity contribution >= 4 is 15.9 Å². The topological polar surface area (TPSA) is 38.7 Å². The van der Waals surface area contributed by atoms with Crippen LogP contribution < -0.4 is 9.47 Å². The van der Waals surface area contributed by atoms with Crippen molar-refractivity contribution in [3.05, 3.63) is 21.7 Å². The summed E-state index contributed by atoms with van der Waals surface area (Å²) >= 11 is 3.47. The van der Waals surface area contributed by atoms with Crippen LogP contribution in [0, 0.1) is 6.92 Å². The van der Waals surface area contributed by atoms with Gasteiger partial charge in [-0.2, -0.15) is 0 Å². The molecule has 1 aromatic rings. The van der Waals surface area contributed by atoms with E-state index in [1.54, 1.807) is 14.2 Å². The van der Waals surface area contributed by atoms with Crippen LogP contribution in [0.4, 0.5) is 0 Å². The van der Waals surface area contributed by atoms with E-state index >= 15 is 0 Å². The highest BCUT2D eigenvalue weighted by Gasteiger charge is 2.14. The number of ether oxygens (including phenoxy) is 2. The van der Waals surface area contributed by atoms with Crippen LogP contribution in [0.3, 0.4) is 0 Å². The Morgan fingerprint density at radius 2 is 2.00 bits per heavy atom. The largest absolute Gasteiger partial charge is 0.493 e. The van der Waals surface area contributed by atoms with E-state index in [0.29, 0.717) is 17.9 Å². The third kappa shape index (κ3) is 2.44. The van der Waals surface area contributed by atoms with Crippen LogP contribution in [-0.4, -0.2) is 25.9 Å². The molecule has 0 amide bonds. The Morgan fingerprint density at radius 1 is 1.33 bits per heavy atom. The standard InChI is InChI=1S/C11H15BrO3/c1-7-8(4-5-13)6-9(14-2)11(15-3)10(7)12/h6,13H,4-5H2,1-3H3. The number of methoxy groups -OCH3 is 2. The Kier molecular flexibility index (Phi) is 4.42. The predicted molar refractivity (Wildman–Crippen MR) is 62.8 cm³/mol.